The number of carboxylic acid groups (broad SMARTS) is 2. The molecule has 246 valence electrons. The Morgan fingerprint density at radius 2 is 1.40 bits per heavy atom. The monoisotopic (exact) mass is 669 g/mol. The quantitative estimate of drug-likeness (QED) is 0.0414. The van der Waals surface area contributed by atoms with Gasteiger partial charge >= 0.3 is 11.9 Å². The third-order valence-corrected chi connectivity index (χ3v) is 7.17. The summed E-state index contributed by atoms with van der Waals surface area (Å²) in [6.07, 6.45) is 0.167. The molecule has 0 fully saturated rings. The summed E-state index contributed by atoms with van der Waals surface area (Å²) in [5, 5.41) is 64.6. The molecule has 18 heteroatoms. The lowest BCUT2D eigenvalue weighted by atomic mass is 10.1. The molecule has 47 heavy (non-hydrogen) atoms. The maximum Gasteiger partial charge on any atom is 0.337 e. The predicted octanol–water partition coefficient (Wildman–Crippen LogP) is 4.73. The van der Waals surface area contributed by atoms with E-state index in [4.69, 9.17) is 15.2 Å². The molecule has 0 aromatic heterocycles. The van der Waals surface area contributed by atoms with Crippen molar-refractivity contribution in [3.63, 3.8) is 0 Å². The predicted molar refractivity (Wildman–Crippen MR) is 165 cm³/mol. The van der Waals surface area contributed by atoms with E-state index in [1.54, 1.807) is 0 Å². The van der Waals surface area contributed by atoms with E-state index in [0.29, 0.717) is 0 Å². The standard InChI is InChI=1S/C29H27N5O12S/c30-17-4-2-15-11-25(47(42,43)44)26(27(37)19(15)12-17)34-33-22-14-24(46-9-7-36)21(13-23(22)45-8-1-6-35)32-31-20-10-16(28(38)39)3-5-18(20)29(40)41/h2-5,10-14,35-37H,1,6-9,30H2,(H,38,39)(H,40,41)(H,42,43,44). The van der Waals surface area contributed by atoms with Crippen LogP contribution in [0.5, 0.6) is 17.2 Å². The number of carboxylic acids is 2. The Kier molecular flexibility index (Phi) is 10.6. The lowest BCUT2D eigenvalue weighted by Crippen LogP contribution is -2.03. The highest BCUT2D eigenvalue weighted by Gasteiger charge is 2.23. The summed E-state index contributed by atoms with van der Waals surface area (Å²) in [6, 6.07) is 10.9. The molecule has 0 aliphatic rings. The van der Waals surface area contributed by atoms with E-state index in [9.17, 15) is 48.1 Å². The van der Waals surface area contributed by atoms with Gasteiger partial charge < -0.3 is 40.7 Å². The number of hydrogen-bond donors (Lipinski definition) is 7. The molecule has 0 amide bonds. The van der Waals surface area contributed by atoms with Crippen LogP contribution >= 0.6 is 0 Å². The molecular formula is C29H27N5O12S. The van der Waals surface area contributed by atoms with Crippen molar-refractivity contribution >= 4 is 61.3 Å². The Morgan fingerprint density at radius 3 is 2.00 bits per heavy atom. The summed E-state index contributed by atoms with van der Waals surface area (Å²) in [4.78, 5) is 22.4. The molecule has 0 spiro atoms. The van der Waals surface area contributed by atoms with Crippen molar-refractivity contribution in [3.8, 4) is 17.2 Å². The lowest BCUT2D eigenvalue weighted by molar-refractivity contribution is 0.0682. The molecular weight excluding hydrogens is 642 g/mol. The third-order valence-electron chi connectivity index (χ3n) is 6.30. The van der Waals surface area contributed by atoms with Gasteiger partial charge in [-0.1, -0.05) is 6.07 Å². The fourth-order valence-electron chi connectivity index (χ4n) is 4.12. The number of anilines is 1. The van der Waals surface area contributed by atoms with Crippen molar-refractivity contribution in [1.82, 2.24) is 0 Å². The number of fused-ring (bicyclic) bond motifs is 1. The second-order valence-electron chi connectivity index (χ2n) is 9.56. The zero-order chi connectivity index (χ0) is 34.3. The molecule has 0 heterocycles. The Bertz CT molecular complexity index is 2020. The number of carbonyl (C=O) groups is 2. The number of aromatic hydroxyl groups is 1. The summed E-state index contributed by atoms with van der Waals surface area (Å²) in [7, 11) is -4.93. The highest BCUT2D eigenvalue weighted by atomic mass is 32.2. The maximum absolute atomic E-state index is 12.2. The second-order valence-corrected chi connectivity index (χ2v) is 10.9. The smallest absolute Gasteiger partial charge is 0.337 e. The summed E-state index contributed by atoms with van der Waals surface area (Å²) in [6.45, 7) is -1.02. The second kappa shape index (κ2) is 14.6. The van der Waals surface area contributed by atoms with Gasteiger partial charge in [0.2, 0.25) is 0 Å². The molecule has 0 aliphatic carbocycles. The number of azo groups is 2. The number of ether oxygens (including phenoxy) is 2. The van der Waals surface area contributed by atoms with Crippen LogP contribution in [0.3, 0.4) is 0 Å². The van der Waals surface area contributed by atoms with Crippen molar-refractivity contribution in [1.29, 1.82) is 0 Å². The molecule has 0 atom stereocenters. The van der Waals surface area contributed by atoms with Gasteiger partial charge in [-0.05, 0) is 41.8 Å². The van der Waals surface area contributed by atoms with Gasteiger partial charge in [-0.15, -0.1) is 20.5 Å². The minimum Gasteiger partial charge on any atom is -0.505 e. The molecule has 4 aromatic rings. The van der Waals surface area contributed by atoms with Gasteiger partial charge in [-0.2, -0.15) is 8.42 Å². The van der Waals surface area contributed by atoms with Crippen LogP contribution in [0, 0.1) is 0 Å². The molecule has 4 rings (SSSR count). The van der Waals surface area contributed by atoms with Crippen LogP contribution < -0.4 is 15.2 Å². The average Bonchev–Trinajstić information content (AvgIpc) is 3.02. The van der Waals surface area contributed by atoms with Crippen LogP contribution in [0.1, 0.15) is 27.1 Å². The minimum absolute atomic E-state index is 0.0625. The SMILES string of the molecule is Nc1ccc2cc(S(=O)(=O)O)c(N=Nc3cc(OCCO)c(N=Nc4cc(C(=O)O)ccc4C(=O)O)cc3OCCCO)c(O)c2c1. The summed E-state index contributed by atoms with van der Waals surface area (Å²) >= 11 is 0. The number of aliphatic hydroxyl groups excluding tert-OH is 2. The summed E-state index contributed by atoms with van der Waals surface area (Å²) in [5.41, 5.74) is 4.28. The Balaban J connectivity index is 1.89. The Hall–Kier alpha value is -5.69. The van der Waals surface area contributed by atoms with E-state index in [1.807, 2.05) is 0 Å². The molecule has 0 saturated carbocycles. The van der Waals surface area contributed by atoms with E-state index < -0.39 is 45.0 Å². The van der Waals surface area contributed by atoms with Gasteiger partial charge in [0.25, 0.3) is 10.1 Å². The Morgan fingerprint density at radius 1 is 0.766 bits per heavy atom. The number of nitrogens with zero attached hydrogens (tertiary/aromatic N) is 4. The van der Waals surface area contributed by atoms with Gasteiger partial charge in [-0.3, -0.25) is 4.55 Å². The molecule has 4 aromatic carbocycles. The van der Waals surface area contributed by atoms with E-state index >= 15 is 0 Å². The van der Waals surface area contributed by atoms with Crippen LogP contribution in [0.15, 0.2) is 79.9 Å². The normalized spacial score (nSPS) is 11.8. The van der Waals surface area contributed by atoms with Gasteiger partial charge in [0, 0.05) is 36.2 Å². The fourth-order valence-corrected chi connectivity index (χ4v) is 4.78. The molecule has 17 nitrogen and oxygen atoms in total. The molecule has 0 bridgehead atoms. The number of nitrogens with two attached hydrogens (primary N) is 1. The molecule has 0 saturated heterocycles. The van der Waals surface area contributed by atoms with Crippen LogP contribution in [-0.4, -0.2) is 76.9 Å². The molecule has 0 aliphatic heterocycles. The van der Waals surface area contributed by atoms with Crippen LogP contribution in [0.4, 0.5) is 28.4 Å². The number of hydrogen-bond acceptors (Lipinski definition) is 14. The van der Waals surface area contributed by atoms with E-state index in [1.165, 1.54) is 30.3 Å². The van der Waals surface area contributed by atoms with Crippen molar-refractivity contribution in [2.24, 2.45) is 20.5 Å². The molecule has 0 radical (unpaired) electrons. The maximum atomic E-state index is 12.2. The van der Waals surface area contributed by atoms with Crippen molar-refractivity contribution in [3.05, 3.63) is 65.7 Å². The topological polar surface area (TPSA) is 284 Å². The number of nitrogen functional groups attached to an aromatic ring is 1. The largest absolute Gasteiger partial charge is 0.505 e. The number of phenolic OH excluding ortho intramolecular Hbond substituents is 1. The van der Waals surface area contributed by atoms with Crippen LogP contribution in [0.2, 0.25) is 0 Å². The highest BCUT2D eigenvalue weighted by Crippen LogP contribution is 2.45. The number of benzene rings is 4. The van der Waals surface area contributed by atoms with E-state index in [2.05, 4.69) is 20.5 Å². The van der Waals surface area contributed by atoms with Crippen molar-refractivity contribution < 1.29 is 57.6 Å². The van der Waals surface area contributed by atoms with Crippen molar-refractivity contribution in [2.75, 3.05) is 32.2 Å². The van der Waals surface area contributed by atoms with Gasteiger partial charge in [-0.25, -0.2) is 9.59 Å². The van der Waals surface area contributed by atoms with Gasteiger partial charge in [0.05, 0.1) is 24.3 Å². The number of phenols is 1. The highest BCUT2D eigenvalue weighted by molar-refractivity contribution is 7.86. The molecule has 0 unspecified atom stereocenters. The number of aromatic carboxylic acids is 2. The Labute approximate surface area is 265 Å². The van der Waals surface area contributed by atoms with E-state index in [0.717, 1.165) is 24.3 Å². The van der Waals surface area contributed by atoms with Gasteiger partial charge in [0.15, 0.2) is 5.75 Å². The van der Waals surface area contributed by atoms with E-state index in [-0.39, 0.29) is 82.4 Å². The first kappa shape index (κ1) is 34.2. The minimum atomic E-state index is -4.93. The van der Waals surface area contributed by atoms with Gasteiger partial charge in [0.1, 0.15) is 45.8 Å². The first-order valence-corrected chi connectivity index (χ1v) is 14.9. The fraction of sp³-hybridized carbons (Fsp3) is 0.172. The lowest BCUT2D eigenvalue weighted by Gasteiger charge is -2.13. The van der Waals surface area contributed by atoms with Crippen LogP contribution in [-0.2, 0) is 10.1 Å². The summed E-state index contributed by atoms with van der Waals surface area (Å²) < 4.78 is 45.6. The third kappa shape index (κ3) is 8.13. The number of rotatable bonds is 14. The number of aliphatic hydroxyl groups is 2. The zero-order valence-electron chi connectivity index (χ0n) is 24.1. The molecule has 8 N–H and O–H groups in total. The van der Waals surface area contributed by atoms with Crippen molar-refractivity contribution in [2.45, 2.75) is 11.3 Å². The average molecular weight is 670 g/mol. The zero-order valence-corrected chi connectivity index (χ0v) is 25.0. The van der Waals surface area contributed by atoms with Crippen LogP contribution in [0.25, 0.3) is 10.8 Å². The first-order valence-electron chi connectivity index (χ1n) is 13.5. The summed E-state index contributed by atoms with van der Waals surface area (Å²) in [5.74, 6) is -3.59. The first-order chi connectivity index (χ1) is 22.3.